The molecule has 1 aliphatic rings. The van der Waals surface area contributed by atoms with Gasteiger partial charge in [0.1, 0.15) is 0 Å². The molecular weight excluding hydrogens is 256 g/mol. The number of fused-ring (bicyclic) bond motifs is 1. The summed E-state index contributed by atoms with van der Waals surface area (Å²) >= 11 is 6.44. The highest BCUT2D eigenvalue weighted by Crippen LogP contribution is 2.44. The summed E-state index contributed by atoms with van der Waals surface area (Å²) in [5, 5.41) is 4.06. The fourth-order valence-electron chi connectivity index (χ4n) is 3.47. The second kappa shape index (κ2) is 5.34. The zero-order chi connectivity index (χ0) is 14.2. The molecule has 1 aromatic rings. The molecule has 1 heterocycles. The third-order valence-electron chi connectivity index (χ3n) is 4.24. The van der Waals surface area contributed by atoms with Gasteiger partial charge in [-0.3, -0.25) is 0 Å². The predicted octanol–water partition coefficient (Wildman–Crippen LogP) is 4.17. The Bertz CT molecular complexity index is 468. The Hall–Kier alpha value is -0.730. The summed E-state index contributed by atoms with van der Waals surface area (Å²) in [6, 6.07) is 4.45. The van der Waals surface area contributed by atoms with Crippen LogP contribution < -0.4 is 10.2 Å². The van der Waals surface area contributed by atoms with E-state index in [9.17, 15) is 0 Å². The number of nitrogens with zero attached hydrogens (tertiary/aromatic N) is 1. The second-order valence-electron chi connectivity index (χ2n) is 6.19. The lowest BCUT2D eigenvalue weighted by Gasteiger charge is -2.47. The van der Waals surface area contributed by atoms with Crippen molar-refractivity contribution in [2.75, 3.05) is 18.5 Å². The molecule has 1 unspecified atom stereocenters. The van der Waals surface area contributed by atoms with Crippen LogP contribution in [0.25, 0.3) is 0 Å². The van der Waals surface area contributed by atoms with Crippen molar-refractivity contribution in [3.63, 3.8) is 0 Å². The molecule has 1 atom stereocenters. The van der Waals surface area contributed by atoms with Crippen LogP contribution >= 0.6 is 11.6 Å². The first-order valence-corrected chi connectivity index (χ1v) is 7.53. The topological polar surface area (TPSA) is 15.3 Å². The molecule has 3 heteroatoms. The number of hydrogen-bond acceptors (Lipinski definition) is 2. The average molecular weight is 281 g/mol. The molecule has 1 aliphatic heterocycles. The quantitative estimate of drug-likeness (QED) is 0.894. The van der Waals surface area contributed by atoms with Crippen molar-refractivity contribution in [1.29, 1.82) is 0 Å². The Balaban J connectivity index is 2.53. The SMILES string of the molecule is CCN1c2cc(Cl)c(CNC)cc2C(C)CC1(C)C. The van der Waals surface area contributed by atoms with E-state index in [2.05, 4.69) is 50.0 Å². The summed E-state index contributed by atoms with van der Waals surface area (Å²) in [5.41, 5.74) is 4.16. The van der Waals surface area contributed by atoms with Gasteiger partial charge in [0.05, 0.1) is 0 Å². The molecule has 2 nitrogen and oxygen atoms in total. The van der Waals surface area contributed by atoms with Crippen molar-refractivity contribution in [2.24, 2.45) is 0 Å². The first-order chi connectivity index (χ1) is 8.90. The maximum absolute atomic E-state index is 6.44. The summed E-state index contributed by atoms with van der Waals surface area (Å²) in [7, 11) is 1.96. The lowest BCUT2D eigenvalue weighted by molar-refractivity contribution is 0.381. The molecule has 0 radical (unpaired) electrons. The van der Waals surface area contributed by atoms with Gasteiger partial charge in [-0.15, -0.1) is 0 Å². The fraction of sp³-hybridized carbons (Fsp3) is 0.625. The van der Waals surface area contributed by atoms with E-state index in [0.717, 1.165) is 18.1 Å². The largest absolute Gasteiger partial charge is 0.366 e. The third-order valence-corrected chi connectivity index (χ3v) is 4.59. The van der Waals surface area contributed by atoms with Crippen LogP contribution in [0.4, 0.5) is 5.69 Å². The average Bonchev–Trinajstić information content (AvgIpc) is 2.31. The van der Waals surface area contributed by atoms with Crippen LogP contribution in [-0.4, -0.2) is 19.1 Å². The smallest absolute Gasteiger partial charge is 0.0471 e. The van der Waals surface area contributed by atoms with Gasteiger partial charge in [-0.1, -0.05) is 24.6 Å². The Morgan fingerprint density at radius 3 is 2.68 bits per heavy atom. The first kappa shape index (κ1) is 14.7. The van der Waals surface area contributed by atoms with Gasteiger partial charge >= 0.3 is 0 Å². The van der Waals surface area contributed by atoms with Gasteiger partial charge < -0.3 is 10.2 Å². The lowest BCUT2D eigenvalue weighted by Crippen LogP contribution is -2.48. The maximum Gasteiger partial charge on any atom is 0.0471 e. The van der Waals surface area contributed by atoms with Crippen molar-refractivity contribution < 1.29 is 0 Å². The van der Waals surface area contributed by atoms with E-state index in [1.807, 2.05) is 7.05 Å². The summed E-state index contributed by atoms with van der Waals surface area (Å²) in [6.45, 7) is 11.0. The molecule has 0 aromatic heterocycles. The third kappa shape index (κ3) is 2.61. The predicted molar refractivity (Wildman–Crippen MR) is 84.3 cm³/mol. The maximum atomic E-state index is 6.44. The Morgan fingerprint density at radius 1 is 1.42 bits per heavy atom. The van der Waals surface area contributed by atoms with Crippen LogP contribution in [0.2, 0.25) is 5.02 Å². The van der Waals surface area contributed by atoms with Gasteiger partial charge in [0.15, 0.2) is 0 Å². The van der Waals surface area contributed by atoms with Gasteiger partial charge in [0.2, 0.25) is 0 Å². The van der Waals surface area contributed by atoms with Crippen LogP contribution in [0.3, 0.4) is 0 Å². The molecule has 0 saturated heterocycles. The van der Waals surface area contributed by atoms with Gasteiger partial charge in [0.25, 0.3) is 0 Å². The number of benzene rings is 1. The molecule has 1 aromatic carbocycles. The molecule has 2 rings (SSSR count). The summed E-state index contributed by atoms with van der Waals surface area (Å²) < 4.78 is 0. The van der Waals surface area contributed by atoms with Crippen molar-refractivity contribution in [3.05, 3.63) is 28.3 Å². The van der Waals surface area contributed by atoms with Crippen molar-refractivity contribution in [3.8, 4) is 0 Å². The van der Waals surface area contributed by atoms with Gasteiger partial charge in [-0.25, -0.2) is 0 Å². The monoisotopic (exact) mass is 280 g/mol. The number of hydrogen-bond donors (Lipinski definition) is 1. The number of halogens is 1. The number of rotatable bonds is 3. The zero-order valence-corrected chi connectivity index (χ0v) is 13.4. The first-order valence-electron chi connectivity index (χ1n) is 7.15. The van der Waals surface area contributed by atoms with E-state index in [0.29, 0.717) is 5.92 Å². The molecule has 0 fully saturated rings. The van der Waals surface area contributed by atoms with Crippen LogP contribution in [0, 0.1) is 0 Å². The van der Waals surface area contributed by atoms with E-state index in [1.54, 1.807) is 0 Å². The highest BCUT2D eigenvalue weighted by atomic mass is 35.5. The molecule has 106 valence electrons. The lowest BCUT2D eigenvalue weighted by atomic mass is 9.79. The molecule has 19 heavy (non-hydrogen) atoms. The van der Waals surface area contributed by atoms with Crippen LogP contribution in [0.1, 0.15) is 51.2 Å². The Morgan fingerprint density at radius 2 is 2.11 bits per heavy atom. The minimum Gasteiger partial charge on any atom is -0.366 e. The second-order valence-corrected chi connectivity index (χ2v) is 6.60. The minimum absolute atomic E-state index is 0.203. The molecule has 0 amide bonds. The van der Waals surface area contributed by atoms with Gasteiger partial charge in [0, 0.05) is 29.3 Å². The van der Waals surface area contributed by atoms with E-state index in [1.165, 1.54) is 23.2 Å². The normalized spacial score (nSPS) is 21.4. The Labute approximate surface area is 122 Å². The van der Waals surface area contributed by atoms with Gasteiger partial charge in [-0.05, 0) is 57.4 Å². The standard InChI is InChI=1S/C16H25ClN2/c1-6-19-15-8-14(17)12(10-18-5)7-13(15)11(2)9-16(19,3)4/h7-8,11,18H,6,9-10H2,1-5H3. The van der Waals surface area contributed by atoms with E-state index in [4.69, 9.17) is 11.6 Å². The van der Waals surface area contributed by atoms with Crippen LogP contribution in [0.15, 0.2) is 12.1 Å². The molecular formula is C16H25ClN2. The number of anilines is 1. The summed E-state index contributed by atoms with van der Waals surface area (Å²) in [5.74, 6) is 0.584. The fourth-order valence-corrected chi connectivity index (χ4v) is 3.70. The van der Waals surface area contributed by atoms with Crippen molar-refractivity contribution in [1.82, 2.24) is 5.32 Å². The molecule has 0 bridgehead atoms. The Kier molecular flexibility index (Phi) is 4.12. The summed E-state index contributed by atoms with van der Waals surface area (Å²) in [6.07, 6.45) is 1.19. The molecule has 0 aliphatic carbocycles. The van der Waals surface area contributed by atoms with E-state index >= 15 is 0 Å². The van der Waals surface area contributed by atoms with E-state index in [-0.39, 0.29) is 5.54 Å². The van der Waals surface area contributed by atoms with Crippen molar-refractivity contribution in [2.45, 2.75) is 52.1 Å². The van der Waals surface area contributed by atoms with Crippen molar-refractivity contribution >= 4 is 17.3 Å². The van der Waals surface area contributed by atoms with Crippen LogP contribution in [-0.2, 0) is 6.54 Å². The van der Waals surface area contributed by atoms with Crippen LogP contribution in [0.5, 0.6) is 0 Å². The highest BCUT2D eigenvalue weighted by Gasteiger charge is 2.35. The highest BCUT2D eigenvalue weighted by molar-refractivity contribution is 6.31. The van der Waals surface area contributed by atoms with E-state index < -0.39 is 0 Å². The van der Waals surface area contributed by atoms with Gasteiger partial charge in [-0.2, -0.15) is 0 Å². The molecule has 0 spiro atoms. The molecule has 0 saturated carbocycles. The minimum atomic E-state index is 0.203. The molecule has 1 N–H and O–H groups in total. The summed E-state index contributed by atoms with van der Waals surface area (Å²) in [4.78, 5) is 2.48. The zero-order valence-electron chi connectivity index (χ0n) is 12.7. The number of nitrogens with one attached hydrogen (secondary N) is 1.